The van der Waals surface area contributed by atoms with Gasteiger partial charge in [0.15, 0.2) is 0 Å². The van der Waals surface area contributed by atoms with Gasteiger partial charge < -0.3 is 15.4 Å². The molecular formula is C18H21ClN2O2. The number of hydrogen-bond acceptors (Lipinski definition) is 2. The quantitative estimate of drug-likeness (QED) is 0.725. The van der Waals surface area contributed by atoms with Gasteiger partial charge in [-0.15, -0.1) is 0 Å². The number of para-hydroxylation sites is 1. The molecule has 0 atom stereocenters. The Bertz CT molecular complexity index is 605. The Labute approximate surface area is 141 Å². The lowest BCUT2D eigenvalue weighted by Crippen LogP contribution is -2.37. The number of nitrogens with one attached hydrogen (secondary N) is 2. The maximum Gasteiger partial charge on any atom is 0.314 e. The molecule has 0 aromatic heterocycles. The Morgan fingerprint density at radius 2 is 1.65 bits per heavy atom. The molecule has 0 aliphatic rings. The molecule has 0 aliphatic carbocycles. The van der Waals surface area contributed by atoms with Crippen LogP contribution in [0.25, 0.3) is 0 Å². The normalized spacial score (nSPS) is 10.1. The maximum atomic E-state index is 11.7. The second-order valence-electron chi connectivity index (χ2n) is 5.04. The topological polar surface area (TPSA) is 50.4 Å². The molecule has 0 bridgehead atoms. The SMILES string of the molecule is O=C(NCCCOc1ccccc1)NCCc1ccccc1Cl. The second-order valence-corrected chi connectivity index (χ2v) is 5.45. The lowest BCUT2D eigenvalue weighted by atomic mass is 10.1. The molecule has 0 aliphatic heterocycles. The molecule has 2 N–H and O–H groups in total. The van der Waals surface area contributed by atoms with Crippen LogP contribution in [-0.2, 0) is 6.42 Å². The van der Waals surface area contributed by atoms with Crippen molar-refractivity contribution in [3.05, 3.63) is 65.2 Å². The van der Waals surface area contributed by atoms with Gasteiger partial charge in [-0.2, -0.15) is 0 Å². The number of benzene rings is 2. The van der Waals surface area contributed by atoms with Crippen molar-refractivity contribution in [3.63, 3.8) is 0 Å². The third-order valence-corrected chi connectivity index (χ3v) is 3.63. The van der Waals surface area contributed by atoms with Crippen LogP contribution in [0.5, 0.6) is 5.75 Å². The molecule has 0 radical (unpaired) electrons. The van der Waals surface area contributed by atoms with E-state index in [4.69, 9.17) is 16.3 Å². The zero-order valence-corrected chi connectivity index (χ0v) is 13.7. The van der Waals surface area contributed by atoms with Crippen LogP contribution in [0.4, 0.5) is 4.79 Å². The number of hydrogen-bond donors (Lipinski definition) is 2. The fourth-order valence-electron chi connectivity index (χ4n) is 2.06. The molecule has 5 heteroatoms. The highest BCUT2D eigenvalue weighted by molar-refractivity contribution is 6.31. The van der Waals surface area contributed by atoms with E-state index < -0.39 is 0 Å². The van der Waals surface area contributed by atoms with E-state index in [-0.39, 0.29) is 6.03 Å². The van der Waals surface area contributed by atoms with E-state index in [0.717, 1.165) is 22.8 Å². The summed E-state index contributed by atoms with van der Waals surface area (Å²) in [6.07, 6.45) is 1.47. The second kappa shape index (κ2) is 9.74. The van der Waals surface area contributed by atoms with Crippen LogP contribution in [0, 0.1) is 0 Å². The molecule has 0 heterocycles. The van der Waals surface area contributed by atoms with E-state index in [0.29, 0.717) is 26.1 Å². The summed E-state index contributed by atoms with van der Waals surface area (Å²) in [7, 11) is 0. The van der Waals surface area contributed by atoms with Crippen LogP contribution in [0.3, 0.4) is 0 Å². The van der Waals surface area contributed by atoms with Gasteiger partial charge in [-0.3, -0.25) is 0 Å². The predicted molar refractivity (Wildman–Crippen MR) is 93.1 cm³/mol. The summed E-state index contributed by atoms with van der Waals surface area (Å²) in [5.74, 6) is 0.844. The molecule has 0 saturated heterocycles. The number of amides is 2. The van der Waals surface area contributed by atoms with Crippen molar-refractivity contribution in [1.82, 2.24) is 10.6 Å². The predicted octanol–water partition coefficient (Wildman–Crippen LogP) is 3.65. The summed E-state index contributed by atoms with van der Waals surface area (Å²) >= 11 is 6.07. The van der Waals surface area contributed by atoms with Gasteiger partial charge in [-0.05, 0) is 36.6 Å². The monoisotopic (exact) mass is 332 g/mol. The summed E-state index contributed by atoms with van der Waals surface area (Å²) in [6.45, 7) is 1.70. The van der Waals surface area contributed by atoms with Gasteiger partial charge in [0.05, 0.1) is 6.61 Å². The van der Waals surface area contributed by atoms with Crippen LogP contribution in [0.15, 0.2) is 54.6 Å². The zero-order chi connectivity index (χ0) is 16.3. The molecule has 122 valence electrons. The van der Waals surface area contributed by atoms with E-state index in [2.05, 4.69) is 10.6 Å². The number of carbonyl (C=O) groups excluding carboxylic acids is 1. The minimum absolute atomic E-state index is 0.170. The average molecular weight is 333 g/mol. The first-order valence-electron chi connectivity index (χ1n) is 7.68. The minimum atomic E-state index is -0.170. The van der Waals surface area contributed by atoms with Crippen molar-refractivity contribution in [2.45, 2.75) is 12.8 Å². The molecule has 0 spiro atoms. The van der Waals surface area contributed by atoms with E-state index in [1.54, 1.807) is 0 Å². The molecule has 0 fully saturated rings. The summed E-state index contributed by atoms with van der Waals surface area (Å²) in [5, 5.41) is 6.35. The van der Waals surface area contributed by atoms with Crippen molar-refractivity contribution in [2.24, 2.45) is 0 Å². The largest absolute Gasteiger partial charge is 0.494 e. The fourth-order valence-corrected chi connectivity index (χ4v) is 2.29. The summed E-state index contributed by atoms with van der Waals surface area (Å²) < 4.78 is 5.55. The summed E-state index contributed by atoms with van der Waals surface area (Å²) in [4.78, 5) is 11.7. The molecular weight excluding hydrogens is 312 g/mol. The average Bonchev–Trinajstić information content (AvgIpc) is 2.57. The Hall–Kier alpha value is -2.20. The zero-order valence-electron chi connectivity index (χ0n) is 12.9. The van der Waals surface area contributed by atoms with Crippen LogP contribution in [0.1, 0.15) is 12.0 Å². The summed E-state index contributed by atoms with van der Waals surface area (Å²) in [5.41, 5.74) is 1.03. The highest BCUT2D eigenvalue weighted by Crippen LogP contribution is 2.14. The van der Waals surface area contributed by atoms with Crippen molar-refractivity contribution in [3.8, 4) is 5.75 Å². The highest BCUT2D eigenvalue weighted by Gasteiger charge is 2.02. The molecule has 2 aromatic rings. The third-order valence-electron chi connectivity index (χ3n) is 3.26. The van der Waals surface area contributed by atoms with Crippen molar-refractivity contribution in [1.29, 1.82) is 0 Å². The Kier molecular flexibility index (Phi) is 7.27. The van der Waals surface area contributed by atoms with Gasteiger partial charge in [0.25, 0.3) is 0 Å². The van der Waals surface area contributed by atoms with E-state index in [1.807, 2.05) is 54.6 Å². The van der Waals surface area contributed by atoms with Crippen LogP contribution in [0.2, 0.25) is 5.02 Å². The van der Waals surface area contributed by atoms with Gasteiger partial charge in [0.2, 0.25) is 0 Å². The molecule has 2 amide bonds. The molecule has 2 aromatic carbocycles. The van der Waals surface area contributed by atoms with Gasteiger partial charge >= 0.3 is 6.03 Å². The van der Waals surface area contributed by atoms with Gasteiger partial charge in [0.1, 0.15) is 5.75 Å². The van der Waals surface area contributed by atoms with Crippen molar-refractivity contribution >= 4 is 17.6 Å². The molecule has 4 nitrogen and oxygen atoms in total. The van der Waals surface area contributed by atoms with Crippen LogP contribution in [-0.4, -0.2) is 25.7 Å². The molecule has 0 saturated carbocycles. The van der Waals surface area contributed by atoms with Crippen LogP contribution < -0.4 is 15.4 Å². The number of carbonyl (C=O) groups is 1. The first-order chi connectivity index (χ1) is 11.3. The lowest BCUT2D eigenvalue weighted by Gasteiger charge is -2.09. The summed E-state index contributed by atoms with van der Waals surface area (Å²) in [6, 6.07) is 17.1. The van der Waals surface area contributed by atoms with Gasteiger partial charge in [-0.1, -0.05) is 48.0 Å². The van der Waals surface area contributed by atoms with Gasteiger partial charge in [0, 0.05) is 18.1 Å². The third kappa shape index (κ3) is 6.61. The fraction of sp³-hybridized carbons (Fsp3) is 0.278. The Balaban J connectivity index is 1.53. The van der Waals surface area contributed by atoms with Crippen LogP contribution >= 0.6 is 11.6 Å². The Morgan fingerprint density at radius 3 is 2.43 bits per heavy atom. The Morgan fingerprint density at radius 1 is 0.957 bits per heavy atom. The highest BCUT2D eigenvalue weighted by atomic mass is 35.5. The van der Waals surface area contributed by atoms with Gasteiger partial charge in [-0.25, -0.2) is 4.79 Å². The maximum absolute atomic E-state index is 11.7. The molecule has 2 rings (SSSR count). The standard InChI is InChI=1S/C18H21ClN2O2/c19-17-10-5-4-7-15(17)11-13-21-18(22)20-12-6-14-23-16-8-2-1-3-9-16/h1-5,7-10H,6,11-14H2,(H2,20,21,22). The lowest BCUT2D eigenvalue weighted by molar-refractivity contribution is 0.239. The van der Waals surface area contributed by atoms with E-state index in [9.17, 15) is 4.79 Å². The van der Waals surface area contributed by atoms with Crippen molar-refractivity contribution in [2.75, 3.05) is 19.7 Å². The first kappa shape index (κ1) is 17.2. The van der Waals surface area contributed by atoms with Crippen molar-refractivity contribution < 1.29 is 9.53 Å². The number of ether oxygens (including phenoxy) is 1. The minimum Gasteiger partial charge on any atom is -0.494 e. The van der Waals surface area contributed by atoms with E-state index in [1.165, 1.54) is 0 Å². The number of urea groups is 1. The molecule has 0 unspecified atom stereocenters. The molecule has 23 heavy (non-hydrogen) atoms. The smallest absolute Gasteiger partial charge is 0.314 e. The number of halogens is 1. The first-order valence-corrected chi connectivity index (χ1v) is 8.06. The van der Waals surface area contributed by atoms with E-state index >= 15 is 0 Å². The number of rotatable bonds is 8.